The fourth-order valence-electron chi connectivity index (χ4n) is 3.31. The second kappa shape index (κ2) is 9.76. The number of rotatable bonds is 5. The lowest BCUT2D eigenvalue weighted by Gasteiger charge is -2.22. The fourth-order valence-corrected chi connectivity index (χ4v) is 3.31. The molecule has 0 spiro atoms. The Morgan fingerprint density at radius 3 is 2.07 bits per heavy atom. The second-order valence-electron chi connectivity index (χ2n) is 6.85. The number of urea groups is 1. The summed E-state index contributed by atoms with van der Waals surface area (Å²) in [7, 11) is 0. The van der Waals surface area contributed by atoms with Gasteiger partial charge in [-0.25, -0.2) is 4.79 Å². The number of nitrogens with zero attached hydrogens (tertiary/aromatic N) is 2. The van der Waals surface area contributed by atoms with Crippen LogP contribution in [0.5, 0.6) is 0 Å². The van der Waals surface area contributed by atoms with Gasteiger partial charge in [0.1, 0.15) is 0 Å². The van der Waals surface area contributed by atoms with E-state index in [1.54, 1.807) is 0 Å². The summed E-state index contributed by atoms with van der Waals surface area (Å²) in [4.78, 5) is 28.7. The summed E-state index contributed by atoms with van der Waals surface area (Å²) in [5.41, 5.74) is 2.26. The predicted molar refractivity (Wildman–Crippen MR) is 106 cm³/mol. The normalized spacial score (nSPS) is 14.5. The van der Waals surface area contributed by atoms with Crippen molar-refractivity contribution in [1.82, 2.24) is 15.1 Å². The smallest absolute Gasteiger partial charge is 0.317 e. The van der Waals surface area contributed by atoms with Crippen molar-refractivity contribution in [3.8, 4) is 0 Å². The lowest BCUT2D eigenvalue weighted by atomic mass is 10.1. The van der Waals surface area contributed by atoms with Gasteiger partial charge in [0.15, 0.2) is 0 Å². The number of hydrogen-bond acceptors (Lipinski definition) is 2. The SMILES string of the molecule is O=C(CCc1ccccc1)N1CCCN(C(=O)NCc2ccccc2)CC1. The van der Waals surface area contributed by atoms with Gasteiger partial charge in [0.25, 0.3) is 0 Å². The molecule has 0 atom stereocenters. The zero-order valence-electron chi connectivity index (χ0n) is 15.6. The average Bonchev–Trinajstić information content (AvgIpc) is 2.98. The van der Waals surface area contributed by atoms with Gasteiger partial charge < -0.3 is 15.1 Å². The monoisotopic (exact) mass is 365 g/mol. The van der Waals surface area contributed by atoms with Crippen molar-refractivity contribution in [3.63, 3.8) is 0 Å². The van der Waals surface area contributed by atoms with Crippen LogP contribution in [0.15, 0.2) is 60.7 Å². The summed E-state index contributed by atoms with van der Waals surface area (Å²) in [6.45, 7) is 3.11. The van der Waals surface area contributed by atoms with Crippen LogP contribution in [0.2, 0.25) is 0 Å². The Morgan fingerprint density at radius 1 is 0.778 bits per heavy atom. The van der Waals surface area contributed by atoms with Gasteiger partial charge in [-0.2, -0.15) is 0 Å². The summed E-state index contributed by atoms with van der Waals surface area (Å²) < 4.78 is 0. The van der Waals surface area contributed by atoms with Crippen molar-refractivity contribution in [2.75, 3.05) is 26.2 Å². The second-order valence-corrected chi connectivity index (χ2v) is 6.85. The van der Waals surface area contributed by atoms with Crippen molar-refractivity contribution in [2.45, 2.75) is 25.8 Å². The summed E-state index contributed by atoms with van der Waals surface area (Å²) in [6.07, 6.45) is 2.09. The Labute approximate surface area is 161 Å². The van der Waals surface area contributed by atoms with Gasteiger partial charge in [-0.3, -0.25) is 4.79 Å². The van der Waals surface area contributed by atoms with Crippen LogP contribution < -0.4 is 5.32 Å². The van der Waals surface area contributed by atoms with E-state index in [0.717, 1.165) is 24.9 Å². The van der Waals surface area contributed by atoms with Crippen molar-refractivity contribution in [1.29, 1.82) is 0 Å². The Morgan fingerprint density at radius 2 is 1.37 bits per heavy atom. The molecule has 1 N–H and O–H groups in total. The van der Waals surface area contributed by atoms with Gasteiger partial charge in [-0.1, -0.05) is 60.7 Å². The zero-order chi connectivity index (χ0) is 18.9. The van der Waals surface area contributed by atoms with Crippen LogP contribution in [0.3, 0.4) is 0 Å². The van der Waals surface area contributed by atoms with E-state index in [4.69, 9.17) is 0 Å². The Balaban J connectivity index is 1.43. The van der Waals surface area contributed by atoms with E-state index >= 15 is 0 Å². The highest BCUT2D eigenvalue weighted by Crippen LogP contribution is 2.09. The van der Waals surface area contributed by atoms with Gasteiger partial charge in [0.2, 0.25) is 5.91 Å². The van der Waals surface area contributed by atoms with Crippen LogP contribution in [0, 0.1) is 0 Å². The molecule has 3 rings (SSSR count). The molecule has 5 heteroatoms. The Kier molecular flexibility index (Phi) is 6.85. The van der Waals surface area contributed by atoms with Crippen molar-refractivity contribution in [2.24, 2.45) is 0 Å². The number of aryl methyl sites for hydroxylation is 1. The van der Waals surface area contributed by atoms with Gasteiger partial charge in [-0.05, 0) is 24.0 Å². The molecule has 1 aliphatic rings. The molecule has 0 aromatic heterocycles. The van der Waals surface area contributed by atoms with Gasteiger partial charge in [0, 0.05) is 39.1 Å². The molecule has 3 amide bonds. The van der Waals surface area contributed by atoms with Gasteiger partial charge in [-0.15, -0.1) is 0 Å². The van der Waals surface area contributed by atoms with E-state index in [9.17, 15) is 9.59 Å². The first-order valence-electron chi connectivity index (χ1n) is 9.61. The highest BCUT2D eigenvalue weighted by molar-refractivity contribution is 5.77. The fraction of sp³-hybridized carbons (Fsp3) is 0.364. The molecular weight excluding hydrogens is 338 g/mol. The number of benzene rings is 2. The molecule has 2 aromatic rings. The molecule has 1 saturated heterocycles. The van der Waals surface area contributed by atoms with Crippen LogP contribution in [0.1, 0.15) is 24.0 Å². The molecule has 5 nitrogen and oxygen atoms in total. The standard InChI is InChI=1S/C22H27N3O2/c26-21(13-12-19-8-3-1-4-9-19)24-14-7-15-25(17-16-24)22(27)23-18-20-10-5-2-6-11-20/h1-6,8-11H,7,12-18H2,(H,23,27). The van der Waals surface area contributed by atoms with Crippen LogP contribution in [0.25, 0.3) is 0 Å². The van der Waals surface area contributed by atoms with E-state index in [0.29, 0.717) is 32.6 Å². The largest absolute Gasteiger partial charge is 0.341 e. The van der Waals surface area contributed by atoms with Crippen LogP contribution in [0.4, 0.5) is 4.79 Å². The molecule has 1 aliphatic heterocycles. The van der Waals surface area contributed by atoms with Crippen LogP contribution in [-0.2, 0) is 17.8 Å². The first-order chi connectivity index (χ1) is 13.2. The number of nitrogens with one attached hydrogen (secondary N) is 1. The average molecular weight is 365 g/mol. The van der Waals surface area contributed by atoms with Gasteiger partial charge in [0.05, 0.1) is 0 Å². The van der Waals surface area contributed by atoms with Crippen LogP contribution in [-0.4, -0.2) is 47.9 Å². The topological polar surface area (TPSA) is 52.7 Å². The minimum atomic E-state index is -0.0579. The van der Waals surface area contributed by atoms with Crippen molar-refractivity contribution >= 4 is 11.9 Å². The summed E-state index contributed by atoms with van der Waals surface area (Å²) >= 11 is 0. The molecule has 1 heterocycles. The number of hydrogen-bond donors (Lipinski definition) is 1. The minimum Gasteiger partial charge on any atom is -0.341 e. The van der Waals surface area contributed by atoms with Crippen LogP contribution >= 0.6 is 0 Å². The predicted octanol–water partition coefficient (Wildman–Crippen LogP) is 3.06. The highest BCUT2D eigenvalue weighted by atomic mass is 16.2. The molecule has 1 fully saturated rings. The summed E-state index contributed by atoms with van der Waals surface area (Å²) in [5, 5.41) is 2.97. The van der Waals surface area contributed by atoms with E-state index in [1.807, 2.05) is 58.3 Å². The molecule has 142 valence electrons. The zero-order valence-corrected chi connectivity index (χ0v) is 15.6. The highest BCUT2D eigenvalue weighted by Gasteiger charge is 2.21. The minimum absolute atomic E-state index is 0.0579. The van der Waals surface area contributed by atoms with Crippen molar-refractivity contribution in [3.05, 3.63) is 71.8 Å². The van der Waals surface area contributed by atoms with E-state index in [2.05, 4.69) is 17.4 Å². The maximum Gasteiger partial charge on any atom is 0.317 e. The number of amides is 3. The van der Waals surface area contributed by atoms with E-state index in [-0.39, 0.29) is 11.9 Å². The van der Waals surface area contributed by atoms with E-state index < -0.39 is 0 Å². The number of carbonyl (C=O) groups is 2. The molecule has 0 aliphatic carbocycles. The molecule has 0 bridgehead atoms. The number of carbonyl (C=O) groups excluding carboxylic acids is 2. The van der Waals surface area contributed by atoms with Gasteiger partial charge >= 0.3 is 6.03 Å². The molecule has 0 saturated carbocycles. The molecule has 0 unspecified atom stereocenters. The molecule has 0 radical (unpaired) electrons. The lowest BCUT2D eigenvalue weighted by Crippen LogP contribution is -2.42. The Bertz CT molecular complexity index is 670. The third-order valence-electron chi connectivity index (χ3n) is 4.89. The van der Waals surface area contributed by atoms with Crippen molar-refractivity contribution < 1.29 is 9.59 Å². The third kappa shape index (κ3) is 5.84. The third-order valence-corrected chi connectivity index (χ3v) is 4.89. The Hall–Kier alpha value is -2.82. The lowest BCUT2D eigenvalue weighted by molar-refractivity contribution is -0.131. The summed E-state index contributed by atoms with van der Waals surface area (Å²) in [5.74, 6) is 0.172. The molecule has 2 aromatic carbocycles. The maximum absolute atomic E-state index is 12.5. The quantitative estimate of drug-likeness (QED) is 0.885. The molecule has 27 heavy (non-hydrogen) atoms. The molecular formula is C22H27N3O2. The first-order valence-corrected chi connectivity index (χ1v) is 9.61. The van der Waals surface area contributed by atoms with E-state index in [1.165, 1.54) is 5.56 Å². The first kappa shape index (κ1) is 19.0. The maximum atomic E-state index is 12.5. The summed E-state index contributed by atoms with van der Waals surface area (Å²) in [6, 6.07) is 19.9.